The molecule has 1 aromatic carbocycles. The van der Waals surface area contributed by atoms with E-state index in [1.165, 1.54) is 0 Å². The molecule has 0 amide bonds. The molecule has 102 valence electrons. The van der Waals surface area contributed by atoms with Gasteiger partial charge in [0.05, 0.1) is 13.7 Å². The fraction of sp³-hybridized carbons (Fsp3) is 0.538. The van der Waals surface area contributed by atoms with Crippen molar-refractivity contribution < 1.29 is 19.3 Å². The van der Waals surface area contributed by atoms with Gasteiger partial charge < -0.3 is 25.1 Å². The molecule has 18 heavy (non-hydrogen) atoms. The Labute approximate surface area is 107 Å². The summed E-state index contributed by atoms with van der Waals surface area (Å²) in [6, 6.07) is 5.48. The van der Waals surface area contributed by atoms with Crippen LogP contribution in [0.25, 0.3) is 0 Å². The Kier molecular flexibility index (Phi) is 6.49. The molecule has 1 atom stereocenters. The summed E-state index contributed by atoms with van der Waals surface area (Å²) in [4.78, 5) is 0. The topological polar surface area (TPSA) is 73.9 Å². The van der Waals surface area contributed by atoms with Crippen LogP contribution in [0.4, 0.5) is 0 Å². The number of ether oxygens (including phenoxy) is 3. The van der Waals surface area contributed by atoms with Crippen molar-refractivity contribution in [2.45, 2.75) is 19.6 Å². The highest BCUT2D eigenvalue weighted by Gasteiger charge is 2.09. The number of hydrogen-bond donors (Lipinski definition) is 2. The summed E-state index contributed by atoms with van der Waals surface area (Å²) < 4.78 is 15.8. The average Bonchev–Trinajstić information content (AvgIpc) is 2.42. The maximum atomic E-state index is 9.60. The van der Waals surface area contributed by atoms with Crippen LogP contribution in [0.3, 0.4) is 0 Å². The number of benzene rings is 1. The van der Waals surface area contributed by atoms with Crippen molar-refractivity contribution in [3.63, 3.8) is 0 Å². The predicted octanol–water partition coefficient (Wildman–Crippen LogP) is 0.930. The molecule has 1 rings (SSSR count). The number of nitrogens with two attached hydrogens (primary N) is 1. The third-order valence-corrected chi connectivity index (χ3v) is 2.41. The minimum atomic E-state index is -0.649. The highest BCUT2D eigenvalue weighted by Crippen LogP contribution is 2.27. The van der Waals surface area contributed by atoms with Gasteiger partial charge in [0, 0.05) is 13.2 Å². The average molecular weight is 255 g/mol. The summed E-state index contributed by atoms with van der Waals surface area (Å²) in [7, 11) is 1.57. The number of aliphatic hydroxyl groups is 1. The SMILES string of the molecule is CCOCC(O)COc1ccc(CN)cc1OC. The number of rotatable bonds is 8. The summed E-state index contributed by atoms with van der Waals surface area (Å²) in [5.74, 6) is 1.20. The second kappa shape index (κ2) is 7.92. The number of hydrogen-bond acceptors (Lipinski definition) is 5. The van der Waals surface area contributed by atoms with Crippen molar-refractivity contribution in [1.82, 2.24) is 0 Å². The van der Waals surface area contributed by atoms with Crippen molar-refractivity contribution in [3.8, 4) is 11.5 Å². The first-order valence-electron chi connectivity index (χ1n) is 5.96. The maximum absolute atomic E-state index is 9.60. The van der Waals surface area contributed by atoms with Gasteiger partial charge in [-0.2, -0.15) is 0 Å². The summed E-state index contributed by atoms with van der Waals surface area (Å²) >= 11 is 0. The fourth-order valence-corrected chi connectivity index (χ4v) is 1.45. The van der Waals surface area contributed by atoms with E-state index in [2.05, 4.69) is 0 Å². The molecule has 5 heteroatoms. The zero-order valence-electron chi connectivity index (χ0n) is 10.9. The van der Waals surface area contributed by atoms with Crippen LogP contribution in [0.2, 0.25) is 0 Å². The van der Waals surface area contributed by atoms with E-state index in [-0.39, 0.29) is 13.2 Å². The van der Waals surface area contributed by atoms with Crippen LogP contribution in [0, 0.1) is 0 Å². The monoisotopic (exact) mass is 255 g/mol. The first-order chi connectivity index (χ1) is 8.71. The van der Waals surface area contributed by atoms with Crippen LogP contribution in [-0.4, -0.2) is 38.1 Å². The lowest BCUT2D eigenvalue weighted by Gasteiger charge is -2.15. The summed E-state index contributed by atoms with van der Waals surface area (Å²) in [5.41, 5.74) is 6.51. The molecule has 5 nitrogen and oxygen atoms in total. The lowest BCUT2D eigenvalue weighted by molar-refractivity contribution is 0.0159. The van der Waals surface area contributed by atoms with E-state index in [0.717, 1.165) is 5.56 Å². The van der Waals surface area contributed by atoms with E-state index in [1.54, 1.807) is 13.2 Å². The molecule has 3 N–H and O–H groups in total. The van der Waals surface area contributed by atoms with Gasteiger partial charge in [0.1, 0.15) is 12.7 Å². The van der Waals surface area contributed by atoms with Crippen molar-refractivity contribution >= 4 is 0 Å². The molecule has 0 aliphatic rings. The molecule has 0 saturated carbocycles. The second-order valence-electron chi connectivity index (χ2n) is 3.81. The minimum Gasteiger partial charge on any atom is -0.493 e. The molecule has 0 heterocycles. The third-order valence-electron chi connectivity index (χ3n) is 2.41. The molecule has 0 aliphatic heterocycles. The molecule has 0 fully saturated rings. The Morgan fingerprint density at radius 2 is 2.06 bits per heavy atom. The van der Waals surface area contributed by atoms with Crippen LogP contribution in [0.15, 0.2) is 18.2 Å². The van der Waals surface area contributed by atoms with E-state index in [9.17, 15) is 5.11 Å². The second-order valence-corrected chi connectivity index (χ2v) is 3.81. The largest absolute Gasteiger partial charge is 0.493 e. The number of methoxy groups -OCH3 is 1. The Hall–Kier alpha value is -1.30. The molecule has 0 saturated heterocycles. The molecule has 0 aromatic heterocycles. The fourth-order valence-electron chi connectivity index (χ4n) is 1.45. The van der Waals surface area contributed by atoms with Crippen LogP contribution in [0.5, 0.6) is 11.5 Å². The summed E-state index contributed by atoms with van der Waals surface area (Å²) in [6.07, 6.45) is -0.649. The number of aliphatic hydroxyl groups excluding tert-OH is 1. The lowest BCUT2D eigenvalue weighted by Crippen LogP contribution is -2.23. The van der Waals surface area contributed by atoms with E-state index >= 15 is 0 Å². The van der Waals surface area contributed by atoms with Crippen LogP contribution < -0.4 is 15.2 Å². The van der Waals surface area contributed by atoms with Crippen molar-refractivity contribution in [2.24, 2.45) is 5.73 Å². The predicted molar refractivity (Wildman–Crippen MR) is 68.9 cm³/mol. The maximum Gasteiger partial charge on any atom is 0.161 e. The van der Waals surface area contributed by atoms with E-state index < -0.39 is 6.10 Å². The molecule has 1 aromatic rings. The normalized spacial score (nSPS) is 12.2. The Bertz CT molecular complexity index is 357. The van der Waals surface area contributed by atoms with Crippen LogP contribution in [-0.2, 0) is 11.3 Å². The molecule has 1 unspecified atom stereocenters. The Morgan fingerprint density at radius 3 is 2.67 bits per heavy atom. The zero-order chi connectivity index (χ0) is 13.4. The standard InChI is InChI=1S/C13H21NO4/c1-3-17-8-11(15)9-18-12-5-4-10(7-14)6-13(12)16-2/h4-6,11,15H,3,7-9,14H2,1-2H3. The van der Waals surface area contributed by atoms with Gasteiger partial charge in [0.15, 0.2) is 11.5 Å². The van der Waals surface area contributed by atoms with E-state index in [1.807, 2.05) is 19.1 Å². The summed E-state index contributed by atoms with van der Waals surface area (Å²) in [6.45, 7) is 3.33. The molecular weight excluding hydrogens is 234 g/mol. The summed E-state index contributed by atoms with van der Waals surface area (Å²) in [5, 5.41) is 9.60. The van der Waals surface area contributed by atoms with Gasteiger partial charge in [0.2, 0.25) is 0 Å². The van der Waals surface area contributed by atoms with Gasteiger partial charge in [-0.05, 0) is 24.6 Å². The Morgan fingerprint density at radius 1 is 1.28 bits per heavy atom. The molecule has 0 bridgehead atoms. The van der Waals surface area contributed by atoms with E-state index in [4.69, 9.17) is 19.9 Å². The van der Waals surface area contributed by atoms with Gasteiger partial charge in [-0.3, -0.25) is 0 Å². The molecule has 0 aliphatic carbocycles. The van der Waals surface area contributed by atoms with Crippen molar-refractivity contribution in [1.29, 1.82) is 0 Å². The molecular formula is C13H21NO4. The molecule has 0 radical (unpaired) electrons. The lowest BCUT2D eigenvalue weighted by atomic mass is 10.2. The molecule has 0 spiro atoms. The Balaban J connectivity index is 2.55. The smallest absolute Gasteiger partial charge is 0.161 e. The zero-order valence-corrected chi connectivity index (χ0v) is 10.9. The van der Waals surface area contributed by atoms with Crippen molar-refractivity contribution in [2.75, 3.05) is 26.9 Å². The first kappa shape index (κ1) is 14.8. The van der Waals surface area contributed by atoms with Gasteiger partial charge in [0.25, 0.3) is 0 Å². The van der Waals surface area contributed by atoms with Gasteiger partial charge >= 0.3 is 0 Å². The third kappa shape index (κ3) is 4.52. The van der Waals surface area contributed by atoms with Gasteiger partial charge in [-0.15, -0.1) is 0 Å². The highest BCUT2D eigenvalue weighted by molar-refractivity contribution is 5.42. The highest BCUT2D eigenvalue weighted by atomic mass is 16.5. The van der Waals surface area contributed by atoms with Crippen LogP contribution in [0.1, 0.15) is 12.5 Å². The van der Waals surface area contributed by atoms with Crippen LogP contribution >= 0.6 is 0 Å². The van der Waals surface area contributed by atoms with Gasteiger partial charge in [-0.1, -0.05) is 6.07 Å². The quantitative estimate of drug-likeness (QED) is 0.723. The van der Waals surface area contributed by atoms with Gasteiger partial charge in [-0.25, -0.2) is 0 Å². The van der Waals surface area contributed by atoms with E-state index in [0.29, 0.717) is 24.7 Å². The van der Waals surface area contributed by atoms with Crippen molar-refractivity contribution in [3.05, 3.63) is 23.8 Å². The first-order valence-corrected chi connectivity index (χ1v) is 5.96. The minimum absolute atomic E-state index is 0.165.